The molecule has 2 saturated heterocycles. The number of anilines is 4. The van der Waals surface area contributed by atoms with Gasteiger partial charge in [0.25, 0.3) is 5.56 Å². The fourth-order valence-electron chi connectivity index (χ4n) is 8.37. The predicted molar refractivity (Wildman–Crippen MR) is 245 cm³/mol. The lowest BCUT2D eigenvalue weighted by atomic mass is 9.98. The van der Waals surface area contributed by atoms with E-state index in [0.717, 1.165) is 88.0 Å². The number of nitrogens with two attached hydrogens (primary N) is 1. The minimum atomic E-state index is -0.581. The number of nitrogens with one attached hydrogen (secondary N) is 1. The summed E-state index contributed by atoms with van der Waals surface area (Å²) in [6.45, 7) is 13.3. The van der Waals surface area contributed by atoms with Gasteiger partial charge < -0.3 is 20.9 Å². The fourth-order valence-corrected chi connectivity index (χ4v) is 8.37. The van der Waals surface area contributed by atoms with Crippen LogP contribution in [0.1, 0.15) is 97.1 Å². The molecule has 4 heterocycles. The summed E-state index contributed by atoms with van der Waals surface area (Å²) in [5.74, 6) is -0.471. The number of unbranched alkanes of at least 4 members (excludes halogenated alkanes) is 5. The molecule has 7 rings (SSSR count). The Balaban J connectivity index is 0.790. The number of aliphatic imine (C=N–C) groups is 1. The third-order valence-corrected chi connectivity index (χ3v) is 12.3. The Bertz CT molecular complexity index is 2350. The molecule has 3 aliphatic rings. The van der Waals surface area contributed by atoms with Gasteiger partial charge in [0.1, 0.15) is 17.3 Å². The summed E-state index contributed by atoms with van der Waals surface area (Å²) in [5, 5.41) is 16.9. The highest BCUT2D eigenvalue weighted by molar-refractivity contribution is 6.11. The van der Waals surface area contributed by atoms with Crippen molar-refractivity contribution in [2.45, 2.75) is 78.2 Å². The lowest BCUT2D eigenvalue weighted by molar-refractivity contribution is 0.0235. The standard InChI is InChI=1S/C47H61FN10O4/c1-33-46(52-44-18-13-36(32-57(44)47(33)61)37(30-49)31-50-38-14-15-38)51-42-17-16-39(29-41(42)48)58(62)56-27-23-54(24-28-56)20-9-7-5-4-6-8-19-53-21-25-55(26-22-53)43-12-10-11-40(34(2)59)45(43)35(3)60/h10-13,16-18,29-32,38,51,62H,4-9,14-15,19-28,49H2,1-3H3/b37-30+,50-31?. The molecule has 1 aliphatic carbocycles. The number of carbonyl (C=O) groups excluding carboxylic acids is 2. The normalized spacial score (nSPS) is 17.0. The molecule has 62 heavy (non-hydrogen) atoms. The van der Waals surface area contributed by atoms with Crippen LogP contribution in [0.25, 0.3) is 11.2 Å². The van der Waals surface area contributed by atoms with Gasteiger partial charge >= 0.3 is 0 Å². The van der Waals surface area contributed by atoms with Crippen LogP contribution in [0.2, 0.25) is 0 Å². The summed E-state index contributed by atoms with van der Waals surface area (Å²) in [7, 11) is 0. The van der Waals surface area contributed by atoms with Crippen LogP contribution in [0, 0.1) is 12.7 Å². The van der Waals surface area contributed by atoms with Crippen LogP contribution in [-0.2, 0) is 0 Å². The molecule has 2 aromatic heterocycles. The first-order valence-electron chi connectivity index (χ1n) is 22.1. The number of piperazine rings is 2. The van der Waals surface area contributed by atoms with Crippen molar-refractivity contribution in [3.63, 3.8) is 0 Å². The van der Waals surface area contributed by atoms with Gasteiger partial charge in [-0.3, -0.25) is 33.9 Å². The number of benzene rings is 2. The number of pyridine rings is 1. The molecule has 4 aromatic rings. The number of hydrazine groups is 1. The molecule has 0 spiro atoms. The summed E-state index contributed by atoms with van der Waals surface area (Å²) in [6.07, 6.45) is 14.2. The summed E-state index contributed by atoms with van der Waals surface area (Å²) < 4.78 is 16.9. The number of allylic oxidation sites excluding steroid dienone is 1. The van der Waals surface area contributed by atoms with Gasteiger partial charge in [0.05, 0.1) is 28.5 Å². The number of rotatable bonds is 19. The monoisotopic (exact) mass is 848 g/mol. The second-order valence-electron chi connectivity index (χ2n) is 16.8. The van der Waals surface area contributed by atoms with Gasteiger partial charge in [0.15, 0.2) is 11.6 Å². The number of ketones is 2. The number of aromatic nitrogens is 2. The van der Waals surface area contributed by atoms with E-state index in [4.69, 9.17) is 5.73 Å². The quantitative estimate of drug-likeness (QED) is 0.0398. The molecule has 0 bridgehead atoms. The van der Waals surface area contributed by atoms with Gasteiger partial charge in [0.2, 0.25) is 0 Å². The van der Waals surface area contributed by atoms with Gasteiger partial charge in [-0.2, -0.15) is 10.2 Å². The maximum Gasteiger partial charge on any atom is 0.262 e. The number of hydrogen-bond donors (Lipinski definition) is 3. The number of nitrogens with zero attached hydrogens (tertiary/aromatic N) is 8. The van der Waals surface area contributed by atoms with Crippen LogP contribution < -0.4 is 26.7 Å². The lowest BCUT2D eigenvalue weighted by Gasteiger charge is -2.38. The molecule has 1 saturated carbocycles. The van der Waals surface area contributed by atoms with Crippen LogP contribution >= 0.6 is 0 Å². The Morgan fingerprint density at radius 1 is 0.903 bits per heavy atom. The molecule has 0 amide bonds. The molecule has 3 fully saturated rings. The van der Waals surface area contributed by atoms with Crippen molar-refractivity contribution < 1.29 is 19.2 Å². The molecule has 330 valence electrons. The van der Waals surface area contributed by atoms with E-state index in [2.05, 4.69) is 30.0 Å². The van der Waals surface area contributed by atoms with Gasteiger partial charge in [-0.05, 0) is 89.9 Å². The van der Waals surface area contributed by atoms with Gasteiger partial charge in [0, 0.05) is 99.4 Å². The zero-order chi connectivity index (χ0) is 43.8. The number of Topliss-reactive ketones (excluding diaryl/α,β-unsaturated/α-hetero) is 2. The third kappa shape index (κ3) is 10.9. The Labute approximate surface area is 363 Å². The summed E-state index contributed by atoms with van der Waals surface area (Å²) >= 11 is 0. The zero-order valence-electron chi connectivity index (χ0n) is 36.4. The van der Waals surface area contributed by atoms with E-state index >= 15 is 4.39 Å². The van der Waals surface area contributed by atoms with Crippen molar-refractivity contribution in [1.82, 2.24) is 24.2 Å². The average Bonchev–Trinajstić information content (AvgIpc) is 4.12. The topological polar surface area (TPSA) is 155 Å². The van der Waals surface area contributed by atoms with E-state index in [1.54, 1.807) is 50.5 Å². The SMILES string of the molecule is CC(=O)c1cccc(N2CCN(CCCCCCCCN3CCN(N(O)c4ccc(Nc5nc6ccc(/C(C=NC7CC7)=C/N)cn6c(=O)c5C)c(F)c4)CC3)CC2)c1C(C)=O. The van der Waals surface area contributed by atoms with Crippen molar-refractivity contribution in [3.05, 3.63) is 99.4 Å². The summed E-state index contributed by atoms with van der Waals surface area (Å²) in [6, 6.07) is 13.9. The zero-order valence-corrected chi connectivity index (χ0v) is 36.4. The largest absolute Gasteiger partial charge is 0.404 e. The highest BCUT2D eigenvalue weighted by atomic mass is 19.1. The fraction of sp³-hybridized carbons (Fsp3) is 0.468. The van der Waals surface area contributed by atoms with E-state index in [1.165, 1.54) is 55.7 Å². The minimum Gasteiger partial charge on any atom is -0.404 e. The highest BCUT2D eigenvalue weighted by Gasteiger charge is 2.25. The Morgan fingerprint density at radius 3 is 2.18 bits per heavy atom. The van der Waals surface area contributed by atoms with Crippen molar-refractivity contribution in [1.29, 1.82) is 0 Å². The maximum absolute atomic E-state index is 15.5. The third-order valence-electron chi connectivity index (χ3n) is 12.3. The summed E-state index contributed by atoms with van der Waals surface area (Å²) in [4.78, 5) is 54.2. The molecular weight excluding hydrogens is 788 g/mol. The van der Waals surface area contributed by atoms with Crippen LogP contribution in [-0.4, -0.2) is 119 Å². The van der Waals surface area contributed by atoms with Gasteiger partial charge in [-0.1, -0.05) is 37.8 Å². The van der Waals surface area contributed by atoms with Crippen LogP contribution in [0.4, 0.5) is 27.3 Å². The Hall–Kier alpha value is -5.48. The van der Waals surface area contributed by atoms with E-state index in [1.807, 2.05) is 23.2 Å². The second kappa shape index (κ2) is 20.6. The van der Waals surface area contributed by atoms with Crippen molar-refractivity contribution in [3.8, 4) is 0 Å². The molecule has 14 nitrogen and oxygen atoms in total. The van der Waals surface area contributed by atoms with Crippen LogP contribution in [0.5, 0.6) is 0 Å². The molecule has 2 aromatic carbocycles. The number of hydrogen-bond acceptors (Lipinski definition) is 13. The van der Waals surface area contributed by atoms with E-state index < -0.39 is 5.82 Å². The van der Waals surface area contributed by atoms with Crippen molar-refractivity contribution >= 4 is 51.9 Å². The lowest BCUT2D eigenvalue weighted by Crippen LogP contribution is -2.53. The first kappa shape index (κ1) is 44.6. The van der Waals surface area contributed by atoms with Gasteiger partial charge in [-0.15, -0.1) is 0 Å². The molecule has 2 aliphatic heterocycles. The van der Waals surface area contributed by atoms with Gasteiger partial charge in [-0.25, -0.2) is 9.37 Å². The molecule has 4 N–H and O–H groups in total. The van der Waals surface area contributed by atoms with Crippen LogP contribution in [0.3, 0.4) is 0 Å². The van der Waals surface area contributed by atoms with Crippen LogP contribution in [0.15, 0.2) is 70.7 Å². The number of halogens is 1. The highest BCUT2D eigenvalue weighted by Crippen LogP contribution is 2.29. The Morgan fingerprint density at radius 2 is 1.56 bits per heavy atom. The first-order valence-corrected chi connectivity index (χ1v) is 22.1. The minimum absolute atomic E-state index is 0.0637. The first-order chi connectivity index (χ1) is 30.0. The molecule has 0 atom stereocenters. The smallest absolute Gasteiger partial charge is 0.262 e. The maximum atomic E-state index is 15.5. The Kier molecular flexibility index (Phi) is 14.8. The van der Waals surface area contributed by atoms with E-state index in [9.17, 15) is 19.6 Å². The van der Waals surface area contributed by atoms with Crippen molar-refractivity contribution in [2.75, 3.05) is 80.8 Å². The van der Waals surface area contributed by atoms with E-state index in [-0.39, 0.29) is 28.6 Å². The number of fused-ring (bicyclic) bond motifs is 1. The van der Waals surface area contributed by atoms with Crippen molar-refractivity contribution in [2.24, 2.45) is 10.7 Å². The molecule has 0 radical (unpaired) electrons. The molecule has 15 heteroatoms. The molecule has 0 unspecified atom stereocenters. The average molecular weight is 849 g/mol. The molecular formula is C47H61FN10O4. The number of carbonyl (C=O) groups is 2. The predicted octanol–water partition coefficient (Wildman–Crippen LogP) is 6.71. The second-order valence-corrected chi connectivity index (χ2v) is 16.8. The van der Waals surface area contributed by atoms with E-state index in [0.29, 0.717) is 52.7 Å². The summed E-state index contributed by atoms with van der Waals surface area (Å²) in [5.41, 5.74) is 10.1.